The molecule has 4 aromatic rings. The summed E-state index contributed by atoms with van der Waals surface area (Å²) in [6.45, 7) is 6.92. The number of hydrogen-bond acceptors (Lipinski definition) is 2. The maximum atomic E-state index is 10.7. The molecule has 0 aliphatic carbocycles. The molecule has 4 heteroatoms. The van der Waals surface area contributed by atoms with E-state index in [1.165, 1.54) is 91.8 Å². The van der Waals surface area contributed by atoms with E-state index in [0.29, 0.717) is 0 Å². The molecule has 0 atom stereocenters. The average molecular weight is 569 g/mol. The second-order valence-corrected chi connectivity index (χ2v) is 12.3. The van der Waals surface area contributed by atoms with Gasteiger partial charge in [-0.25, -0.2) is 4.79 Å². The molecule has 0 unspecified atom stereocenters. The van der Waals surface area contributed by atoms with E-state index in [2.05, 4.69) is 93.6 Å². The van der Waals surface area contributed by atoms with Crippen molar-refractivity contribution in [1.82, 2.24) is 0 Å². The van der Waals surface area contributed by atoms with Gasteiger partial charge in [-0.2, -0.15) is 0 Å². The fourth-order valence-electron chi connectivity index (χ4n) is 4.85. The predicted octanol–water partition coefficient (Wildman–Crippen LogP) is 9.27. The molecule has 41 heavy (non-hydrogen) atoms. The normalized spacial score (nSPS) is 10.7. The third kappa shape index (κ3) is 9.54. The second-order valence-electron chi connectivity index (χ2n) is 10.3. The molecule has 3 nitrogen and oxygen atoms in total. The van der Waals surface area contributed by atoms with Crippen molar-refractivity contribution in [2.24, 2.45) is 0 Å². The minimum atomic E-state index is -1.18. The van der Waals surface area contributed by atoms with E-state index in [0.717, 1.165) is 0 Å². The number of carboxylic acids is 1. The monoisotopic (exact) mass is 568 g/mol. The molecule has 0 aliphatic heterocycles. The van der Waals surface area contributed by atoms with Gasteiger partial charge in [0.05, 0.1) is 16.5 Å². The topological polar surface area (TPSA) is 60.4 Å². The zero-order valence-corrected chi connectivity index (χ0v) is 25.6. The first kappa shape index (κ1) is 32.0. The SMILES string of the molecule is CCCCc1cc(CCCC)c([S+](c2ccccc2)c2ccccc2)c(CCCC)c1.O=C(O)c1ccccc1[O-]. The number of benzene rings is 4. The summed E-state index contributed by atoms with van der Waals surface area (Å²) in [5.41, 5.74) is 4.56. The first-order valence-electron chi connectivity index (χ1n) is 15.0. The maximum Gasteiger partial charge on any atom is 0.335 e. The highest BCUT2D eigenvalue weighted by atomic mass is 32.2. The van der Waals surface area contributed by atoms with Crippen molar-refractivity contribution >= 4 is 16.9 Å². The Balaban J connectivity index is 0.000000389. The number of carboxylic acid groups (broad SMARTS) is 1. The van der Waals surface area contributed by atoms with Crippen LogP contribution < -0.4 is 5.11 Å². The molecule has 0 aliphatic rings. The van der Waals surface area contributed by atoms with Gasteiger partial charge < -0.3 is 10.2 Å². The van der Waals surface area contributed by atoms with Crippen molar-refractivity contribution in [3.8, 4) is 5.75 Å². The van der Waals surface area contributed by atoms with Gasteiger partial charge in [0.2, 0.25) is 0 Å². The summed E-state index contributed by atoms with van der Waals surface area (Å²) in [6, 6.07) is 33.0. The standard InChI is InChI=1S/C30H39S.C7H6O3/c1-4-7-16-25-23-26(17-8-5-2)30(27(24-25)18-9-6-3)31(28-19-12-10-13-20-28)29-21-14-11-15-22-29;8-6-4-2-1-3-5(6)7(9)10/h10-15,19-24H,4-9,16-18H2,1-3H3;1-4,8H,(H,9,10)/q+1;/p-1. The Kier molecular flexibility index (Phi) is 13.5. The van der Waals surface area contributed by atoms with E-state index in [9.17, 15) is 9.90 Å². The molecular weight excluding hydrogens is 524 g/mol. The smallest absolute Gasteiger partial charge is 0.335 e. The molecule has 0 spiro atoms. The van der Waals surface area contributed by atoms with Crippen LogP contribution in [0.15, 0.2) is 112 Å². The molecule has 216 valence electrons. The predicted molar refractivity (Wildman–Crippen MR) is 170 cm³/mol. The van der Waals surface area contributed by atoms with Crippen molar-refractivity contribution in [1.29, 1.82) is 0 Å². The van der Waals surface area contributed by atoms with Gasteiger partial charge in [-0.15, -0.1) is 0 Å². The van der Waals surface area contributed by atoms with Crippen LogP contribution in [0.3, 0.4) is 0 Å². The summed E-state index contributed by atoms with van der Waals surface area (Å²) < 4.78 is 0. The Morgan fingerprint density at radius 2 is 1.10 bits per heavy atom. The number of hydrogen-bond donors (Lipinski definition) is 1. The number of unbranched alkanes of at least 4 members (excludes halogenated alkanes) is 3. The van der Waals surface area contributed by atoms with E-state index in [-0.39, 0.29) is 16.5 Å². The van der Waals surface area contributed by atoms with E-state index >= 15 is 0 Å². The third-order valence-electron chi connectivity index (χ3n) is 7.00. The van der Waals surface area contributed by atoms with Crippen molar-refractivity contribution in [3.63, 3.8) is 0 Å². The number of rotatable bonds is 13. The van der Waals surface area contributed by atoms with Crippen molar-refractivity contribution in [2.75, 3.05) is 0 Å². The molecule has 0 fully saturated rings. The van der Waals surface area contributed by atoms with Crippen LogP contribution in [-0.4, -0.2) is 11.1 Å². The van der Waals surface area contributed by atoms with E-state index < -0.39 is 11.7 Å². The van der Waals surface area contributed by atoms with Gasteiger partial charge in [0, 0.05) is 11.1 Å². The number of carbonyl (C=O) groups is 1. The molecule has 1 N–H and O–H groups in total. The minimum Gasteiger partial charge on any atom is -0.872 e. The zero-order valence-electron chi connectivity index (χ0n) is 24.8. The molecule has 0 saturated heterocycles. The summed E-state index contributed by atoms with van der Waals surface area (Å²) in [4.78, 5) is 14.7. The quantitative estimate of drug-likeness (QED) is 0.164. The number of para-hydroxylation sites is 1. The number of aromatic carboxylic acids is 1. The van der Waals surface area contributed by atoms with E-state index in [1.54, 1.807) is 21.6 Å². The van der Waals surface area contributed by atoms with Crippen LogP contribution in [0.4, 0.5) is 0 Å². The molecule has 0 bridgehead atoms. The lowest BCUT2D eigenvalue weighted by molar-refractivity contribution is -0.268. The highest BCUT2D eigenvalue weighted by Crippen LogP contribution is 2.37. The summed E-state index contributed by atoms with van der Waals surface area (Å²) in [6.07, 6.45) is 11.1. The van der Waals surface area contributed by atoms with Gasteiger partial charge in [0.25, 0.3) is 0 Å². The molecule has 4 aromatic carbocycles. The largest absolute Gasteiger partial charge is 0.872 e. The Hall–Kier alpha value is -3.50. The molecule has 0 heterocycles. The van der Waals surface area contributed by atoms with Crippen molar-refractivity contribution in [3.05, 3.63) is 119 Å². The summed E-state index contributed by atoms with van der Waals surface area (Å²) in [5.74, 6) is -1.62. The highest BCUT2D eigenvalue weighted by Gasteiger charge is 2.33. The van der Waals surface area contributed by atoms with Gasteiger partial charge in [-0.1, -0.05) is 113 Å². The van der Waals surface area contributed by atoms with E-state index in [4.69, 9.17) is 5.11 Å². The van der Waals surface area contributed by atoms with Crippen LogP contribution in [-0.2, 0) is 30.2 Å². The fourth-order valence-corrected chi connectivity index (χ4v) is 7.30. The Bertz CT molecular complexity index is 1270. The summed E-state index contributed by atoms with van der Waals surface area (Å²) in [5, 5.41) is 19.0. The maximum absolute atomic E-state index is 10.7. The lowest BCUT2D eigenvalue weighted by atomic mass is 9.96. The Morgan fingerprint density at radius 3 is 1.51 bits per heavy atom. The average Bonchev–Trinajstić information content (AvgIpc) is 3.00. The van der Waals surface area contributed by atoms with Gasteiger partial charge >= 0.3 is 5.97 Å². The van der Waals surface area contributed by atoms with Crippen LogP contribution in [0.2, 0.25) is 0 Å². The molecule has 4 rings (SSSR count). The molecule has 0 amide bonds. The Labute approximate surface area is 249 Å². The highest BCUT2D eigenvalue weighted by molar-refractivity contribution is 7.97. The first-order valence-corrected chi connectivity index (χ1v) is 16.2. The number of aryl methyl sites for hydroxylation is 3. The summed E-state index contributed by atoms with van der Waals surface area (Å²) >= 11 is 0. The molecular formula is C37H44O3S. The Morgan fingerprint density at radius 1 is 0.659 bits per heavy atom. The third-order valence-corrected chi connectivity index (χ3v) is 9.42. The lowest BCUT2D eigenvalue weighted by Crippen LogP contribution is -2.12. The van der Waals surface area contributed by atoms with Gasteiger partial charge in [0.1, 0.15) is 0 Å². The van der Waals surface area contributed by atoms with E-state index in [1.807, 2.05) is 0 Å². The molecule has 0 radical (unpaired) electrons. The minimum absolute atomic E-state index is 0.0587. The first-order chi connectivity index (χ1) is 20.0. The fraction of sp³-hybridized carbons (Fsp3) is 0.324. The second kappa shape index (κ2) is 17.3. The van der Waals surface area contributed by atoms with Crippen LogP contribution in [0.25, 0.3) is 0 Å². The van der Waals surface area contributed by atoms with Crippen LogP contribution in [0, 0.1) is 0 Å². The molecule has 0 aromatic heterocycles. The van der Waals surface area contributed by atoms with Crippen LogP contribution in [0.1, 0.15) is 86.3 Å². The van der Waals surface area contributed by atoms with Crippen molar-refractivity contribution in [2.45, 2.75) is 93.2 Å². The van der Waals surface area contributed by atoms with Gasteiger partial charge in [-0.05, 0) is 74.4 Å². The van der Waals surface area contributed by atoms with Crippen LogP contribution in [0.5, 0.6) is 5.75 Å². The molecule has 0 saturated carbocycles. The van der Waals surface area contributed by atoms with Gasteiger partial charge in [-0.3, -0.25) is 0 Å². The zero-order chi connectivity index (χ0) is 29.5. The van der Waals surface area contributed by atoms with Crippen LogP contribution >= 0.6 is 0 Å². The van der Waals surface area contributed by atoms with Gasteiger partial charge in [0.15, 0.2) is 14.7 Å². The lowest BCUT2D eigenvalue weighted by Gasteiger charge is -2.18. The summed E-state index contributed by atoms with van der Waals surface area (Å²) in [7, 11) is -0.0587. The van der Waals surface area contributed by atoms with Crippen molar-refractivity contribution < 1.29 is 15.0 Å².